The van der Waals surface area contributed by atoms with Crippen LogP contribution >= 0.6 is 0 Å². The molecule has 0 fully saturated rings. The molecular weight excluding hydrogens is 209 g/mol. The van der Waals surface area contributed by atoms with Crippen molar-refractivity contribution < 1.29 is 13.5 Å². The molecule has 1 aromatic heterocycles. The van der Waals surface area contributed by atoms with Gasteiger partial charge in [-0.15, -0.1) is 0 Å². The summed E-state index contributed by atoms with van der Waals surface area (Å²) in [7, 11) is 0. The Kier molecular flexibility index (Phi) is 2.88. The third kappa shape index (κ3) is 2.20. The zero-order valence-electron chi connectivity index (χ0n) is 8.31. The molecule has 0 unspecified atom stereocenters. The van der Waals surface area contributed by atoms with E-state index in [4.69, 9.17) is 14.4 Å². The number of nitrogens with zero attached hydrogens (tertiary/aromatic N) is 1. The van der Waals surface area contributed by atoms with Gasteiger partial charge in [-0.2, -0.15) is 5.26 Å². The van der Waals surface area contributed by atoms with Crippen LogP contribution in [0.3, 0.4) is 0 Å². The summed E-state index contributed by atoms with van der Waals surface area (Å²) in [5.74, 6) is -0.414. The van der Waals surface area contributed by atoms with E-state index < -0.39 is 5.82 Å². The Morgan fingerprint density at radius 1 is 1.38 bits per heavy atom. The molecule has 2 aromatic rings. The van der Waals surface area contributed by atoms with E-state index in [1.165, 1.54) is 24.7 Å². The van der Waals surface area contributed by atoms with Gasteiger partial charge in [0.15, 0.2) is 11.6 Å². The SMILES string of the molecule is N#Cc1ccc(OCc2ccoc2)c(F)c1. The van der Waals surface area contributed by atoms with Crippen LogP contribution in [-0.4, -0.2) is 0 Å². The van der Waals surface area contributed by atoms with Crippen molar-refractivity contribution in [3.63, 3.8) is 0 Å². The molecule has 0 radical (unpaired) electrons. The van der Waals surface area contributed by atoms with Crippen LogP contribution < -0.4 is 4.74 Å². The van der Waals surface area contributed by atoms with Gasteiger partial charge >= 0.3 is 0 Å². The predicted octanol–water partition coefficient (Wildman–Crippen LogP) is 2.87. The van der Waals surface area contributed by atoms with Crippen LogP contribution in [0.2, 0.25) is 0 Å². The number of ether oxygens (including phenoxy) is 1. The Morgan fingerprint density at radius 2 is 2.25 bits per heavy atom. The molecule has 0 aliphatic heterocycles. The molecular formula is C12H8FNO2. The first-order valence-electron chi connectivity index (χ1n) is 4.63. The summed E-state index contributed by atoms with van der Waals surface area (Å²) in [6, 6.07) is 7.68. The first-order valence-corrected chi connectivity index (χ1v) is 4.63. The van der Waals surface area contributed by atoms with Gasteiger partial charge in [-0.3, -0.25) is 0 Å². The predicted molar refractivity (Wildman–Crippen MR) is 54.2 cm³/mol. The van der Waals surface area contributed by atoms with Crippen LogP contribution in [0.5, 0.6) is 5.75 Å². The van der Waals surface area contributed by atoms with Gasteiger partial charge in [0.2, 0.25) is 0 Å². The molecule has 3 nitrogen and oxygen atoms in total. The number of hydrogen-bond acceptors (Lipinski definition) is 3. The number of rotatable bonds is 3. The van der Waals surface area contributed by atoms with Crippen molar-refractivity contribution in [1.29, 1.82) is 5.26 Å². The van der Waals surface area contributed by atoms with Gasteiger partial charge in [-0.05, 0) is 24.3 Å². The highest BCUT2D eigenvalue weighted by molar-refractivity contribution is 5.36. The summed E-state index contributed by atoms with van der Waals surface area (Å²) in [4.78, 5) is 0. The van der Waals surface area contributed by atoms with Gasteiger partial charge in [-0.1, -0.05) is 0 Å². The highest BCUT2D eigenvalue weighted by atomic mass is 19.1. The number of benzene rings is 1. The number of furan rings is 1. The summed E-state index contributed by atoms with van der Waals surface area (Å²) in [6.07, 6.45) is 3.05. The lowest BCUT2D eigenvalue weighted by Crippen LogP contribution is -1.96. The Hall–Kier alpha value is -2.28. The third-order valence-corrected chi connectivity index (χ3v) is 2.04. The third-order valence-electron chi connectivity index (χ3n) is 2.04. The summed E-state index contributed by atoms with van der Waals surface area (Å²) in [6.45, 7) is 0.235. The van der Waals surface area contributed by atoms with Crippen LogP contribution in [0.25, 0.3) is 0 Å². The normalized spacial score (nSPS) is 9.75. The zero-order chi connectivity index (χ0) is 11.4. The first kappa shape index (κ1) is 10.2. The molecule has 1 aromatic carbocycles. The second-order valence-electron chi connectivity index (χ2n) is 3.18. The molecule has 4 heteroatoms. The summed E-state index contributed by atoms with van der Waals surface area (Å²) < 4.78 is 23.5. The highest BCUT2D eigenvalue weighted by Crippen LogP contribution is 2.19. The minimum atomic E-state index is -0.539. The topological polar surface area (TPSA) is 46.2 Å². The van der Waals surface area contributed by atoms with Gasteiger partial charge < -0.3 is 9.15 Å². The average Bonchev–Trinajstić information content (AvgIpc) is 2.80. The summed E-state index contributed by atoms with van der Waals surface area (Å²) >= 11 is 0. The van der Waals surface area contributed by atoms with E-state index in [1.807, 2.05) is 6.07 Å². The van der Waals surface area contributed by atoms with Crippen LogP contribution in [0.4, 0.5) is 4.39 Å². The first-order chi connectivity index (χ1) is 7.79. The van der Waals surface area contributed by atoms with Crippen molar-refractivity contribution in [3.05, 3.63) is 53.7 Å². The second kappa shape index (κ2) is 4.49. The maximum Gasteiger partial charge on any atom is 0.166 e. The van der Waals surface area contributed by atoms with Crippen molar-refractivity contribution >= 4 is 0 Å². The molecule has 1 heterocycles. The smallest absolute Gasteiger partial charge is 0.166 e. The van der Waals surface area contributed by atoms with Gasteiger partial charge in [0, 0.05) is 5.56 Å². The lowest BCUT2D eigenvalue weighted by molar-refractivity contribution is 0.289. The molecule has 80 valence electrons. The minimum Gasteiger partial charge on any atom is -0.486 e. The zero-order valence-corrected chi connectivity index (χ0v) is 8.31. The van der Waals surface area contributed by atoms with Crippen molar-refractivity contribution in [3.8, 4) is 11.8 Å². The monoisotopic (exact) mass is 217 g/mol. The van der Waals surface area contributed by atoms with E-state index in [9.17, 15) is 4.39 Å². The molecule has 0 atom stereocenters. The molecule has 0 bridgehead atoms. The van der Waals surface area contributed by atoms with E-state index in [2.05, 4.69) is 0 Å². The van der Waals surface area contributed by atoms with Crippen LogP contribution in [0.1, 0.15) is 11.1 Å². The molecule has 0 aliphatic rings. The van der Waals surface area contributed by atoms with Crippen LogP contribution in [0, 0.1) is 17.1 Å². The molecule has 0 aliphatic carbocycles. The van der Waals surface area contributed by atoms with E-state index >= 15 is 0 Å². The summed E-state index contributed by atoms with van der Waals surface area (Å²) in [5, 5.41) is 8.56. The van der Waals surface area contributed by atoms with E-state index in [1.54, 1.807) is 6.07 Å². The second-order valence-corrected chi connectivity index (χ2v) is 3.18. The van der Waals surface area contributed by atoms with Crippen molar-refractivity contribution in [1.82, 2.24) is 0 Å². The maximum atomic E-state index is 13.4. The van der Waals surface area contributed by atoms with Crippen molar-refractivity contribution in [2.24, 2.45) is 0 Å². The molecule has 0 spiro atoms. The van der Waals surface area contributed by atoms with Crippen LogP contribution in [-0.2, 0) is 6.61 Å². The van der Waals surface area contributed by atoms with Gasteiger partial charge in [0.1, 0.15) is 6.61 Å². The molecule has 0 saturated carbocycles. The molecule has 16 heavy (non-hydrogen) atoms. The fraction of sp³-hybridized carbons (Fsp3) is 0.0833. The van der Waals surface area contributed by atoms with Gasteiger partial charge in [-0.25, -0.2) is 4.39 Å². The van der Waals surface area contributed by atoms with E-state index in [-0.39, 0.29) is 17.9 Å². The van der Waals surface area contributed by atoms with E-state index in [0.717, 1.165) is 11.6 Å². The Labute approximate surface area is 91.7 Å². The van der Waals surface area contributed by atoms with Gasteiger partial charge in [0.05, 0.1) is 24.2 Å². The number of nitriles is 1. The maximum absolute atomic E-state index is 13.4. The standard InChI is InChI=1S/C12H8FNO2/c13-11-5-9(6-14)1-2-12(11)16-8-10-3-4-15-7-10/h1-5,7H,8H2. The average molecular weight is 217 g/mol. The molecule has 0 N–H and O–H groups in total. The fourth-order valence-electron chi connectivity index (χ4n) is 1.22. The lowest BCUT2D eigenvalue weighted by atomic mass is 10.2. The molecule has 0 amide bonds. The fourth-order valence-corrected chi connectivity index (χ4v) is 1.22. The van der Waals surface area contributed by atoms with Crippen molar-refractivity contribution in [2.75, 3.05) is 0 Å². The summed E-state index contributed by atoms with van der Waals surface area (Å²) in [5.41, 5.74) is 1.09. The highest BCUT2D eigenvalue weighted by Gasteiger charge is 2.05. The minimum absolute atomic E-state index is 0.125. The molecule has 2 rings (SSSR count). The number of halogens is 1. The van der Waals surface area contributed by atoms with Crippen molar-refractivity contribution in [2.45, 2.75) is 6.61 Å². The quantitative estimate of drug-likeness (QED) is 0.794. The largest absolute Gasteiger partial charge is 0.486 e. The Morgan fingerprint density at radius 3 is 2.88 bits per heavy atom. The van der Waals surface area contributed by atoms with Gasteiger partial charge in [0.25, 0.3) is 0 Å². The van der Waals surface area contributed by atoms with E-state index in [0.29, 0.717) is 0 Å². The Bertz CT molecular complexity index is 514. The Balaban J connectivity index is 2.08. The lowest BCUT2D eigenvalue weighted by Gasteiger charge is -2.05. The molecule has 0 saturated heterocycles. The number of hydrogen-bond donors (Lipinski definition) is 0. The van der Waals surface area contributed by atoms with Crippen LogP contribution in [0.15, 0.2) is 41.2 Å².